The standard InChI is InChI=1S/C13H15N3O4/c1-15(7-13(18)14-10-2-3-10)12-5-4-11(16(19)20)6-9(12)8-17/h4-6,8,10H,2-3,7H2,1H3,(H,14,18). The second kappa shape index (κ2) is 5.68. The molecule has 0 heterocycles. The molecule has 1 N–H and O–H groups in total. The van der Waals surface area contributed by atoms with Crippen LogP contribution in [0.3, 0.4) is 0 Å². The van der Waals surface area contributed by atoms with Gasteiger partial charge in [-0.3, -0.25) is 19.7 Å². The summed E-state index contributed by atoms with van der Waals surface area (Å²) in [6, 6.07) is 4.28. The molecule has 0 saturated heterocycles. The van der Waals surface area contributed by atoms with Crippen LogP contribution in [0.2, 0.25) is 0 Å². The van der Waals surface area contributed by atoms with Gasteiger partial charge in [-0.05, 0) is 18.9 Å². The number of non-ortho nitro benzene ring substituents is 1. The lowest BCUT2D eigenvalue weighted by molar-refractivity contribution is -0.384. The van der Waals surface area contributed by atoms with Gasteiger partial charge in [-0.2, -0.15) is 0 Å². The molecular formula is C13H15N3O4. The Morgan fingerprint density at radius 1 is 1.55 bits per heavy atom. The molecule has 0 aromatic heterocycles. The van der Waals surface area contributed by atoms with Crippen LogP contribution in [0.5, 0.6) is 0 Å². The van der Waals surface area contributed by atoms with Gasteiger partial charge in [0.1, 0.15) is 0 Å². The molecule has 0 radical (unpaired) electrons. The van der Waals surface area contributed by atoms with E-state index in [1.165, 1.54) is 18.2 Å². The van der Waals surface area contributed by atoms with E-state index in [-0.39, 0.29) is 29.7 Å². The van der Waals surface area contributed by atoms with Crippen LogP contribution in [0, 0.1) is 10.1 Å². The van der Waals surface area contributed by atoms with Crippen molar-refractivity contribution in [2.75, 3.05) is 18.5 Å². The normalized spacial score (nSPS) is 13.7. The molecule has 1 fully saturated rings. The zero-order chi connectivity index (χ0) is 14.7. The second-order valence-electron chi connectivity index (χ2n) is 4.82. The van der Waals surface area contributed by atoms with E-state index in [9.17, 15) is 19.7 Å². The largest absolute Gasteiger partial charge is 0.365 e. The Morgan fingerprint density at radius 2 is 2.25 bits per heavy atom. The second-order valence-corrected chi connectivity index (χ2v) is 4.82. The topological polar surface area (TPSA) is 92.6 Å². The predicted molar refractivity (Wildman–Crippen MR) is 72.9 cm³/mol. The van der Waals surface area contributed by atoms with E-state index in [1.807, 2.05) is 0 Å². The van der Waals surface area contributed by atoms with Crippen LogP contribution < -0.4 is 10.2 Å². The molecule has 0 unspecified atom stereocenters. The smallest absolute Gasteiger partial charge is 0.270 e. The molecule has 1 aliphatic carbocycles. The molecule has 1 aliphatic rings. The number of aldehydes is 1. The van der Waals surface area contributed by atoms with E-state index in [4.69, 9.17) is 0 Å². The summed E-state index contributed by atoms with van der Waals surface area (Å²) in [6.45, 7) is 0.106. The molecule has 7 nitrogen and oxygen atoms in total. The molecule has 1 aromatic carbocycles. The highest BCUT2D eigenvalue weighted by atomic mass is 16.6. The Labute approximate surface area is 115 Å². The molecule has 1 saturated carbocycles. The van der Waals surface area contributed by atoms with Crippen LogP contribution in [-0.2, 0) is 4.79 Å². The molecule has 1 amide bonds. The summed E-state index contributed by atoms with van der Waals surface area (Å²) < 4.78 is 0. The molecule has 20 heavy (non-hydrogen) atoms. The van der Waals surface area contributed by atoms with Crippen molar-refractivity contribution < 1.29 is 14.5 Å². The number of nitro groups is 1. The Kier molecular flexibility index (Phi) is 3.97. The van der Waals surface area contributed by atoms with E-state index in [0.29, 0.717) is 12.0 Å². The first-order chi connectivity index (χ1) is 9.51. The molecule has 1 aromatic rings. The van der Waals surface area contributed by atoms with Crippen molar-refractivity contribution in [1.82, 2.24) is 5.32 Å². The zero-order valence-electron chi connectivity index (χ0n) is 11.0. The fourth-order valence-electron chi connectivity index (χ4n) is 1.90. The van der Waals surface area contributed by atoms with Gasteiger partial charge >= 0.3 is 0 Å². The molecule has 106 valence electrons. The lowest BCUT2D eigenvalue weighted by atomic mass is 10.1. The highest BCUT2D eigenvalue weighted by Gasteiger charge is 2.24. The summed E-state index contributed by atoms with van der Waals surface area (Å²) in [5.74, 6) is -0.120. The average molecular weight is 277 g/mol. The van der Waals surface area contributed by atoms with Crippen molar-refractivity contribution in [2.24, 2.45) is 0 Å². The first kappa shape index (κ1) is 14.0. The number of benzene rings is 1. The number of amides is 1. The number of nitrogens with zero attached hydrogens (tertiary/aromatic N) is 2. The summed E-state index contributed by atoms with van der Waals surface area (Å²) in [5, 5.41) is 13.5. The zero-order valence-corrected chi connectivity index (χ0v) is 11.0. The van der Waals surface area contributed by atoms with Gasteiger partial charge in [-0.15, -0.1) is 0 Å². The van der Waals surface area contributed by atoms with Crippen LogP contribution in [-0.4, -0.2) is 36.8 Å². The molecular weight excluding hydrogens is 262 g/mol. The number of nitro benzene ring substituents is 1. The highest BCUT2D eigenvalue weighted by molar-refractivity contribution is 5.88. The third-order valence-electron chi connectivity index (χ3n) is 3.08. The van der Waals surface area contributed by atoms with Gasteiger partial charge in [0.25, 0.3) is 5.69 Å². The molecule has 2 rings (SSSR count). The molecule has 7 heteroatoms. The van der Waals surface area contributed by atoms with Crippen LogP contribution in [0.4, 0.5) is 11.4 Å². The minimum Gasteiger partial charge on any atom is -0.365 e. The summed E-state index contributed by atoms with van der Waals surface area (Å²) in [5.41, 5.74) is 0.546. The maximum atomic E-state index is 11.7. The fourth-order valence-corrected chi connectivity index (χ4v) is 1.90. The van der Waals surface area contributed by atoms with Crippen LogP contribution in [0.1, 0.15) is 23.2 Å². The van der Waals surface area contributed by atoms with Crippen LogP contribution >= 0.6 is 0 Å². The van der Waals surface area contributed by atoms with Gasteiger partial charge < -0.3 is 10.2 Å². The van der Waals surface area contributed by atoms with E-state index in [1.54, 1.807) is 11.9 Å². The van der Waals surface area contributed by atoms with Gasteiger partial charge in [0.05, 0.1) is 11.5 Å². The van der Waals surface area contributed by atoms with Gasteiger partial charge in [-0.25, -0.2) is 0 Å². The SMILES string of the molecule is CN(CC(=O)NC1CC1)c1ccc([N+](=O)[O-])cc1C=O. The van der Waals surface area contributed by atoms with Crippen molar-refractivity contribution in [2.45, 2.75) is 18.9 Å². The first-order valence-corrected chi connectivity index (χ1v) is 6.25. The molecule has 0 bridgehead atoms. The Morgan fingerprint density at radius 3 is 2.80 bits per heavy atom. The van der Waals surface area contributed by atoms with E-state index in [2.05, 4.69) is 5.32 Å². The number of anilines is 1. The number of rotatable bonds is 6. The Hall–Kier alpha value is -2.44. The number of hydrogen-bond acceptors (Lipinski definition) is 5. The minimum absolute atomic E-state index is 0.106. The summed E-state index contributed by atoms with van der Waals surface area (Å²) >= 11 is 0. The van der Waals surface area contributed by atoms with Crippen molar-refractivity contribution in [1.29, 1.82) is 0 Å². The van der Waals surface area contributed by atoms with E-state index < -0.39 is 4.92 Å². The quantitative estimate of drug-likeness (QED) is 0.478. The maximum Gasteiger partial charge on any atom is 0.270 e. The average Bonchev–Trinajstić information content (AvgIpc) is 3.21. The van der Waals surface area contributed by atoms with Crippen LogP contribution in [0.15, 0.2) is 18.2 Å². The monoisotopic (exact) mass is 277 g/mol. The lowest BCUT2D eigenvalue weighted by Crippen LogP contribution is -2.36. The first-order valence-electron chi connectivity index (χ1n) is 6.25. The van der Waals surface area contributed by atoms with E-state index >= 15 is 0 Å². The van der Waals surface area contributed by atoms with Gasteiger partial charge in [0.2, 0.25) is 5.91 Å². The van der Waals surface area contributed by atoms with Crippen LogP contribution in [0.25, 0.3) is 0 Å². The summed E-state index contributed by atoms with van der Waals surface area (Å²) in [4.78, 5) is 34.4. The Balaban J connectivity index is 2.11. The number of nitrogens with one attached hydrogen (secondary N) is 1. The van der Waals surface area contributed by atoms with Crippen molar-refractivity contribution in [3.8, 4) is 0 Å². The van der Waals surface area contributed by atoms with Gasteiger partial charge in [0, 0.05) is 36.5 Å². The number of hydrogen-bond donors (Lipinski definition) is 1. The molecule has 0 atom stereocenters. The molecule has 0 aliphatic heterocycles. The van der Waals surface area contributed by atoms with E-state index in [0.717, 1.165) is 12.8 Å². The third kappa shape index (κ3) is 3.31. The van der Waals surface area contributed by atoms with Crippen molar-refractivity contribution in [3.63, 3.8) is 0 Å². The van der Waals surface area contributed by atoms with Crippen molar-refractivity contribution in [3.05, 3.63) is 33.9 Å². The number of likely N-dealkylation sites (N-methyl/N-ethyl adjacent to an activating group) is 1. The molecule has 0 spiro atoms. The summed E-state index contributed by atoms with van der Waals surface area (Å²) in [7, 11) is 1.67. The Bertz CT molecular complexity index is 555. The maximum absolute atomic E-state index is 11.7. The lowest BCUT2D eigenvalue weighted by Gasteiger charge is -2.20. The highest BCUT2D eigenvalue weighted by Crippen LogP contribution is 2.23. The number of carbonyl (C=O) groups excluding carboxylic acids is 2. The fraction of sp³-hybridized carbons (Fsp3) is 0.385. The minimum atomic E-state index is -0.559. The van der Waals surface area contributed by atoms with Gasteiger partial charge in [0.15, 0.2) is 6.29 Å². The predicted octanol–water partition coefficient (Wildman–Crippen LogP) is 1.12. The third-order valence-corrected chi connectivity index (χ3v) is 3.08. The summed E-state index contributed by atoms with van der Waals surface area (Å²) in [6.07, 6.45) is 2.57. The number of carbonyl (C=O) groups is 2. The van der Waals surface area contributed by atoms with Gasteiger partial charge in [-0.1, -0.05) is 0 Å². The van der Waals surface area contributed by atoms with Crippen molar-refractivity contribution >= 4 is 23.6 Å².